The highest BCUT2D eigenvalue weighted by molar-refractivity contribution is 7.99. The molecule has 0 aliphatic carbocycles. The number of hydrogen-bond acceptors (Lipinski definition) is 11. The molecule has 1 amide bonds. The molecule has 0 saturated heterocycles. The zero-order valence-corrected chi connectivity index (χ0v) is 13.6. The van der Waals surface area contributed by atoms with Gasteiger partial charge in [0, 0.05) is 6.54 Å². The molecule has 0 atom stereocenters. The largest absolute Gasteiger partial charge is 0.379 e. The molecule has 0 unspecified atom stereocenters. The summed E-state index contributed by atoms with van der Waals surface area (Å²) in [6.07, 6.45) is 0. The maximum atomic E-state index is 12.0. The lowest BCUT2D eigenvalue weighted by Crippen LogP contribution is -2.15. The van der Waals surface area contributed by atoms with Gasteiger partial charge in [0.05, 0.1) is 5.75 Å². The maximum Gasteiger partial charge on any atom is 0.236 e. The summed E-state index contributed by atoms with van der Waals surface area (Å²) in [6.45, 7) is 4.14. The van der Waals surface area contributed by atoms with Crippen molar-refractivity contribution in [2.45, 2.75) is 25.5 Å². The molecule has 3 aromatic heterocycles. The van der Waals surface area contributed by atoms with Crippen molar-refractivity contribution < 1.29 is 14.1 Å². The Morgan fingerprint density at radius 3 is 2.67 bits per heavy atom. The third kappa shape index (κ3) is 3.05. The number of nitrogens with zero attached hydrogens (tertiary/aromatic N) is 7. The minimum Gasteiger partial charge on any atom is -0.379 e. The lowest BCUT2D eigenvalue weighted by molar-refractivity contribution is -0.113. The second-order valence-electron chi connectivity index (χ2n) is 4.58. The number of hydrogen-bond donors (Lipinski definition) is 2. The molecule has 0 fully saturated rings. The first-order chi connectivity index (χ1) is 11.6. The minimum absolute atomic E-state index is 0.108. The number of aryl methyl sites for hydroxylation is 1. The van der Waals surface area contributed by atoms with Gasteiger partial charge in [0.2, 0.25) is 5.91 Å². The summed E-state index contributed by atoms with van der Waals surface area (Å²) in [6, 6.07) is 0. The third-order valence-electron chi connectivity index (χ3n) is 3.00. The molecular formula is C11H13N9O3S. The Morgan fingerprint density at radius 2 is 2.04 bits per heavy atom. The fraction of sp³-hybridized carbons (Fsp3) is 0.364. The molecule has 3 aromatic rings. The zero-order valence-electron chi connectivity index (χ0n) is 12.8. The normalized spacial score (nSPS) is 10.9. The van der Waals surface area contributed by atoms with Gasteiger partial charge < -0.3 is 15.6 Å². The summed E-state index contributed by atoms with van der Waals surface area (Å²) in [4.78, 5) is 12.0. The van der Waals surface area contributed by atoms with Crippen LogP contribution in [-0.2, 0) is 11.3 Å². The molecule has 3 N–H and O–H groups in total. The van der Waals surface area contributed by atoms with E-state index in [1.165, 1.54) is 11.8 Å². The number of aromatic nitrogens is 7. The topological polar surface area (TPSA) is 164 Å². The SMILES string of the molecule is CCn1c(SCC(=O)Nc2nonc2C)nnc1-c1nonc1N. The van der Waals surface area contributed by atoms with Gasteiger partial charge >= 0.3 is 0 Å². The number of nitrogens with one attached hydrogen (secondary N) is 1. The van der Waals surface area contributed by atoms with Crippen LogP contribution in [0.15, 0.2) is 14.4 Å². The van der Waals surface area contributed by atoms with Crippen LogP contribution in [0.4, 0.5) is 11.6 Å². The van der Waals surface area contributed by atoms with E-state index in [9.17, 15) is 4.79 Å². The number of amides is 1. The van der Waals surface area contributed by atoms with Gasteiger partial charge in [-0.15, -0.1) is 10.2 Å². The molecule has 3 rings (SSSR count). The standard InChI is InChI=1S/C11H13N9O3S/c1-3-20-10(7-8(12)18-23-17-7)14-15-11(20)24-4-6(21)13-9-5(2)16-22-19-9/h3-4H2,1-2H3,(H2,12,18)(H,13,19,21). The number of carbonyl (C=O) groups is 1. The van der Waals surface area contributed by atoms with E-state index >= 15 is 0 Å². The molecule has 0 aromatic carbocycles. The van der Waals surface area contributed by atoms with Crippen LogP contribution in [0, 0.1) is 6.92 Å². The molecule has 24 heavy (non-hydrogen) atoms. The highest BCUT2D eigenvalue weighted by Gasteiger charge is 2.20. The Kier molecular flexibility index (Phi) is 4.41. The quantitative estimate of drug-likeness (QED) is 0.589. The van der Waals surface area contributed by atoms with E-state index in [1.54, 1.807) is 11.5 Å². The van der Waals surface area contributed by atoms with Gasteiger partial charge in [0.1, 0.15) is 5.69 Å². The van der Waals surface area contributed by atoms with Crippen molar-refractivity contribution in [2.75, 3.05) is 16.8 Å². The maximum absolute atomic E-state index is 12.0. The minimum atomic E-state index is -0.270. The predicted molar refractivity (Wildman–Crippen MR) is 81.8 cm³/mol. The summed E-state index contributed by atoms with van der Waals surface area (Å²) in [5.74, 6) is 0.682. The van der Waals surface area contributed by atoms with Gasteiger partial charge in [-0.25, -0.2) is 9.26 Å². The van der Waals surface area contributed by atoms with Gasteiger partial charge in [0.15, 0.2) is 28.3 Å². The smallest absolute Gasteiger partial charge is 0.236 e. The number of rotatable bonds is 6. The lowest BCUT2D eigenvalue weighted by atomic mass is 10.4. The molecule has 0 aliphatic heterocycles. The van der Waals surface area contributed by atoms with E-state index < -0.39 is 0 Å². The Hall–Kier alpha value is -2.96. The average molecular weight is 351 g/mol. The van der Waals surface area contributed by atoms with Crippen LogP contribution in [0.5, 0.6) is 0 Å². The summed E-state index contributed by atoms with van der Waals surface area (Å²) >= 11 is 1.21. The second-order valence-corrected chi connectivity index (χ2v) is 5.53. The first-order valence-corrected chi connectivity index (χ1v) is 7.82. The van der Waals surface area contributed by atoms with Crippen LogP contribution in [0.2, 0.25) is 0 Å². The van der Waals surface area contributed by atoms with Crippen LogP contribution in [0.1, 0.15) is 12.6 Å². The van der Waals surface area contributed by atoms with Crippen LogP contribution < -0.4 is 11.1 Å². The molecular weight excluding hydrogens is 338 g/mol. The van der Waals surface area contributed by atoms with Crippen molar-refractivity contribution in [3.8, 4) is 11.5 Å². The number of thioether (sulfide) groups is 1. The molecule has 0 aliphatic rings. The van der Waals surface area contributed by atoms with Gasteiger partial charge in [-0.3, -0.25) is 4.79 Å². The highest BCUT2D eigenvalue weighted by Crippen LogP contribution is 2.25. The molecule has 3 heterocycles. The van der Waals surface area contributed by atoms with Gasteiger partial charge in [-0.05, 0) is 29.3 Å². The Morgan fingerprint density at radius 1 is 1.25 bits per heavy atom. The molecule has 126 valence electrons. The van der Waals surface area contributed by atoms with Crippen LogP contribution in [-0.4, -0.2) is 47.1 Å². The zero-order chi connectivity index (χ0) is 17.1. The molecule has 0 saturated carbocycles. The molecule has 0 spiro atoms. The average Bonchev–Trinajstić information content (AvgIpc) is 3.26. The molecule has 12 nitrogen and oxygen atoms in total. The van der Waals surface area contributed by atoms with Crippen LogP contribution in [0.25, 0.3) is 11.5 Å². The van der Waals surface area contributed by atoms with Crippen LogP contribution >= 0.6 is 11.8 Å². The summed E-state index contributed by atoms with van der Waals surface area (Å²) < 4.78 is 10.9. The summed E-state index contributed by atoms with van der Waals surface area (Å²) in [5, 5.41) is 25.6. The first-order valence-electron chi connectivity index (χ1n) is 6.83. The van der Waals surface area contributed by atoms with Gasteiger partial charge in [0.25, 0.3) is 0 Å². The monoisotopic (exact) mass is 351 g/mol. The van der Waals surface area contributed by atoms with Crippen LogP contribution in [0.3, 0.4) is 0 Å². The van der Waals surface area contributed by atoms with Crippen molar-refractivity contribution in [1.29, 1.82) is 0 Å². The number of nitrogen functional groups attached to an aromatic ring is 1. The van der Waals surface area contributed by atoms with Crippen molar-refractivity contribution in [2.24, 2.45) is 0 Å². The van der Waals surface area contributed by atoms with E-state index in [1.807, 2.05) is 6.92 Å². The molecule has 0 bridgehead atoms. The lowest BCUT2D eigenvalue weighted by Gasteiger charge is -2.05. The highest BCUT2D eigenvalue weighted by atomic mass is 32.2. The molecule has 13 heteroatoms. The van der Waals surface area contributed by atoms with E-state index in [0.717, 1.165) is 0 Å². The van der Waals surface area contributed by atoms with E-state index in [2.05, 4.69) is 45.4 Å². The fourth-order valence-corrected chi connectivity index (χ4v) is 2.65. The van der Waals surface area contributed by atoms with Crippen molar-refractivity contribution in [3.05, 3.63) is 5.69 Å². The predicted octanol–water partition coefficient (Wildman–Crippen LogP) is 0.352. The first kappa shape index (κ1) is 15.9. The van der Waals surface area contributed by atoms with Crippen molar-refractivity contribution >= 4 is 29.3 Å². The van der Waals surface area contributed by atoms with E-state index in [4.69, 9.17) is 5.73 Å². The van der Waals surface area contributed by atoms with Crippen molar-refractivity contribution in [1.82, 2.24) is 35.4 Å². The van der Waals surface area contributed by atoms with E-state index in [-0.39, 0.29) is 17.5 Å². The number of nitrogens with two attached hydrogens (primary N) is 1. The Balaban J connectivity index is 1.70. The number of anilines is 2. The third-order valence-corrected chi connectivity index (χ3v) is 3.97. The second kappa shape index (κ2) is 6.66. The Labute approximate surface area is 139 Å². The fourth-order valence-electron chi connectivity index (χ4n) is 1.85. The van der Waals surface area contributed by atoms with E-state index in [0.29, 0.717) is 34.7 Å². The summed E-state index contributed by atoms with van der Waals surface area (Å²) in [5.41, 5.74) is 6.49. The van der Waals surface area contributed by atoms with Crippen molar-refractivity contribution in [3.63, 3.8) is 0 Å². The van der Waals surface area contributed by atoms with Gasteiger partial charge in [-0.1, -0.05) is 16.9 Å². The molecule has 0 radical (unpaired) electrons. The summed E-state index contributed by atoms with van der Waals surface area (Å²) in [7, 11) is 0. The number of carbonyl (C=O) groups excluding carboxylic acids is 1. The Bertz CT molecular complexity index is 855. The van der Waals surface area contributed by atoms with Gasteiger partial charge in [-0.2, -0.15) is 0 Å².